The van der Waals surface area contributed by atoms with E-state index in [1.54, 1.807) is 27.2 Å². The number of primary amides is 1. The maximum Gasteiger partial charge on any atom is 0.255 e. The summed E-state index contributed by atoms with van der Waals surface area (Å²) in [5.74, 6) is -6.73. The molecule has 4 atom stereocenters. The van der Waals surface area contributed by atoms with Gasteiger partial charge in [0.25, 0.3) is 5.91 Å². The van der Waals surface area contributed by atoms with Gasteiger partial charge < -0.3 is 35.9 Å². The maximum absolute atomic E-state index is 14.0. The van der Waals surface area contributed by atoms with Crippen LogP contribution in [-0.2, 0) is 32.2 Å². The zero-order valence-corrected chi connectivity index (χ0v) is 22.3. The zero-order valence-electron chi connectivity index (χ0n) is 22.3. The number of phenolic OH excluding ortho intramolecular Hbond substituents is 1. The fourth-order valence-corrected chi connectivity index (χ4v) is 6.17. The van der Waals surface area contributed by atoms with Gasteiger partial charge in [0.05, 0.1) is 25.3 Å². The lowest BCUT2D eigenvalue weighted by molar-refractivity contribution is -0.153. The molecule has 1 fully saturated rings. The lowest BCUT2D eigenvalue weighted by Gasteiger charge is -2.50. The van der Waals surface area contributed by atoms with Crippen LogP contribution in [0, 0.1) is 11.8 Å². The van der Waals surface area contributed by atoms with Crippen LogP contribution in [0.4, 0.5) is 5.69 Å². The lowest BCUT2D eigenvalue weighted by atomic mass is 9.57. The normalized spacial score (nSPS) is 27.0. The molecule has 0 aliphatic heterocycles. The van der Waals surface area contributed by atoms with Crippen molar-refractivity contribution in [3.8, 4) is 5.75 Å². The highest BCUT2D eigenvalue weighted by Gasteiger charge is 2.64. The summed E-state index contributed by atoms with van der Waals surface area (Å²) in [7, 11) is 9.89. The summed E-state index contributed by atoms with van der Waals surface area (Å²) in [4.78, 5) is 47.7. The van der Waals surface area contributed by atoms with E-state index >= 15 is 0 Å². The van der Waals surface area contributed by atoms with Crippen molar-refractivity contribution < 1.29 is 39.6 Å². The van der Waals surface area contributed by atoms with Crippen molar-refractivity contribution >= 4 is 28.9 Å². The van der Waals surface area contributed by atoms with Crippen LogP contribution in [0.2, 0.25) is 0 Å². The summed E-state index contributed by atoms with van der Waals surface area (Å²) in [6.07, 6.45) is 0.254. The molecule has 6 N–H and O–H groups in total. The number of carbonyl (C=O) groups is 3. The molecule has 0 heterocycles. The molecular weight excluding hydrogens is 496 g/mol. The number of aliphatic hydroxyl groups excluding tert-OH is 2. The van der Waals surface area contributed by atoms with Crippen molar-refractivity contribution in [2.45, 2.75) is 31.0 Å². The van der Waals surface area contributed by atoms with Crippen molar-refractivity contribution in [2.75, 3.05) is 47.2 Å². The van der Waals surface area contributed by atoms with Gasteiger partial charge >= 0.3 is 0 Å². The van der Waals surface area contributed by atoms with Gasteiger partial charge in [-0.1, -0.05) is 0 Å². The molecule has 1 aromatic carbocycles. The molecule has 12 heteroatoms. The molecule has 0 saturated heterocycles. The van der Waals surface area contributed by atoms with Crippen LogP contribution in [0.5, 0.6) is 5.75 Å². The monoisotopic (exact) mass is 530 g/mol. The van der Waals surface area contributed by atoms with E-state index in [0.29, 0.717) is 16.8 Å². The molecular formula is C26H34N4O8. The average Bonchev–Trinajstić information content (AvgIpc) is 2.82. The molecule has 0 radical (unpaired) electrons. The number of Topliss-reactive ketones (excluding diaryl/α,β-unsaturated/α-hetero) is 2. The Bertz CT molecular complexity index is 1300. The molecule has 12 nitrogen and oxygen atoms in total. The summed E-state index contributed by atoms with van der Waals surface area (Å²) in [5.41, 5.74) is 3.45. The van der Waals surface area contributed by atoms with Gasteiger partial charge in [-0.25, -0.2) is 0 Å². The average molecular weight is 531 g/mol. The van der Waals surface area contributed by atoms with E-state index in [2.05, 4.69) is 0 Å². The van der Waals surface area contributed by atoms with Gasteiger partial charge in [-0.15, -0.1) is 0 Å². The molecule has 0 spiro atoms. The van der Waals surface area contributed by atoms with E-state index in [0.717, 1.165) is 0 Å². The van der Waals surface area contributed by atoms with Crippen LogP contribution < -0.4 is 10.6 Å². The number of benzene rings is 1. The van der Waals surface area contributed by atoms with Gasteiger partial charge in [0, 0.05) is 43.9 Å². The minimum Gasteiger partial charge on any atom is -0.508 e. The smallest absolute Gasteiger partial charge is 0.255 e. The minimum atomic E-state index is -2.67. The van der Waals surface area contributed by atoms with E-state index < -0.39 is 58.0 Å². The third-order valence-electron chi connectivity index (χ3n) is 7.96. The molecule has 1 saturated carbocycles. The number of carbonyl (C=O) groups excluding carboxylic acids is 3. The predicted octanol–water partition coefficient (Wildman–Crippen LogP) is 0.0232. The van der Waals surface area contributed by atoms with Gasteiger partial charge in [-0.05, 0) is 44.5 Å². The third-order valence-corrected chi connectivity index (χ3v) is 7.96. The van der Waals surface area contributed by atoms with Crippen molar-refractivity contribution in [3.05, 3.63) is 39.7 Å². The summed E-state index contributed by atoms with van der Waals surface area (Å²) in [5, 5.41) is 46.8. The molecule has 0 unspecified atom stereocenters. The van der Waals surface area contributed by atoms with Crippen LogP contribution in [0.1, 0.15) is 23.1 Å². The van der Waals surface area contributed by atoms with Gasteiger partial charge in [-0.3, -0.25) is 19.3 Å². The number of aromatic hydroxyl groups is 1. The topological polar surface area (TPSA) is 177 Å². The predicted molar refractivity (Wildman–Crippen MR) is 137 cm³/mol. The number of likely N-dealkylation sites (N-methyl/N-ethyl adjacent to an activating group) is 1. The number of ketones is 2. The largest absolute Gasteiger partial charge is 0.508 e. The summed E-state index contributed by atoms with van der Waals surface area (Å²) in [6.45, 7) is 0.167. The fraction of sp³-hybridized carbons (Fsp3) is 0.500. The first kappa shape index (κ1) is 27.6. The van der Waals surface area contributed by atoms with Gasteiger partial charge in [0.2, 0.25) is 5.78 Å². The van der Waals surface area contributed by atoms with E-state index in [1.807, 2.05) is 19.0 Å². The van der Waals surface area contributed by atoms with Crippen LogP contribution in [0.25, 0.3) is 5.76 Å². The Hall–Kier alpha value is -3.45. The summed E-state index contributed by atoms with van der Waals surface area (Å²) < 4.78 is 0. The highest BCUT2D eigenvalue weighted by molar-refractivity contribution is 6.24. The molecule has 1 amide bonds. The Labute approximate surface area is 220 Å². The number of fused-ring (bicyclic) bond motifs is 3. The second kappa shape index (κ2) is 9.38. The Morgan fingerprint density at radius 1 is 1.16 bits per heavy atom. The van der Waals surface area contributed by atoms with Crippen LogP contribution in [0.15, 0.2) is 23.0 Å². The number of nitrogens with zero attached hydrogens (tertiary/aromatic N) is 3. The maximum atomic E-state index is 14.0. The molecule has 3 aliphatic carbocycles. The molecule has 0 bridgehead atoms. The molecule has 0 aromatic heterocycles. The summed E-state index contributed by atoms with van der Waals surface area (Å²) in [6, 6.07) is 0.657. The second-order valence-corrected chi connectivity index (χ2v) is 10.6. The Kier molecular flexibility index (Phi) is 6.81. The van der Waals surface area contributed by atoms with E-state index in [1.165, 1.54) is 17.1 Å². The molecule has 38 heavy (non-hydrogen) atoms. The second-order valence-electron chi connectivity index (χ2n) is 10.6. The Morgan fingerprint density at radius 2 is 1.79 bits per heavy atom. The number of phenols is 1. The Morgan fingerprint density at radius 3 is 2.32 bits per heavy atom. The summed E-state index contributed by atoms with van der Waals surface area (Å²) >= 11 is 0. The molecule has 206 valence electrons. The molecule has 3 aliphatic rings. The minimum absolute atomic E-state index is 0.0353. The van der Waals surface area contributed by atoms with Crippen molar-refractivity contribution in [3.63, 3.8) is 0 Å². The standard InChI is InChI=1S/C26H34N4O8/c1-28(2)15-9-12(10-30(5)38-6)20(31)17-13(15)7-11-8-14-19(29(3)4)22(33)18(25(27)36)24(35)26(14,37)23(34)16(11)21(17)32/h9,11,14,19,31-32,35,37H,7-8,10H2,1-6H3,(H2,27,36)/t11-,14-,19-,26-/m0/s1. The van der Waals surface area contributed by atoms with Crippen molar-refractivity contribution in [1.29, 1.82) is 0 Å². The van der Waals surface area contributed by atoms with E-state index in [4.69, 9.17) is 10.6 Å². The number of hydrogen-bond acceptors (Lipinski definition) is 11. The third kappa shape index (κ3) is 3.78. The van der Waals surface area contributed by atoms with E-state index in [-0.39, 0.29) is 36.3 Å². The number of hydrogen-bond donors (Lipinski definition) is 5. The Balaban J connectivity index is 1.98. The number of amides is 1. The lowest BCUT2D eigenvalue weighted by Crippen LogP contribution is -2.65. The van der Waals surface area contributed by atoms with Gasteiger partial charge in [-0.2, -0.15) is 5.06 Å². The first-order valence-corrected chi connectivity index (χ1v) is 12.1. The van der Waals surface area contributed by atoms with Crippen molar-refractivity contribution in [2.24, 2.45) is 17.6 Å². The number of hydroxylamine groups is 2. The van der Waals surface area contributed by atoms with Gasteiger partial charge in [0.1, 0.15) is 22.8 Å². The number of aliphatic hydroxyl groups is 3. The number of nitrogens with two attached hydrogens (primary N) is 1. The highest BCUT2D eigenvalue weighted by atomic mass is 16.7. The first-order valence-electron chi connectivity index (χ1n) is 12.1. The highest BCUT2D eigenvalue weighted by Crippen LogP contribution is 2.54. The van der Waals surface area contributed by atoms with Crippen molar-refractivity contribution in [1.82, 2.24) is 9.96 Å². The van der Waals surface area contributed by atoms with Crippen LogP contribution in [-0.4, -0.2) is 102 Å². The zero-order chi connectivity index (χ0) is 28.4. The first-order chi connectivity index (χ1) is 17.7. The number of rotatable bonds is 6. The molecule has 4 rings (SSSR count). The van der Waals surface area contributed by atoms with E-state index in [9.17, 15) is 34.8 Å². The number of anilines is 1. The molecule has 1 aromatic rings. The van der Waals surface area contributed by atoms with Crippen LogP contribution >= 0.6 is 0 Å². The fourth-order valence-electron chi connectivity index (χ4n) is 6.17. The SMILES string of the molecule is CON(C)Cc1cc(N(C)C)c2c(c1O)C(O)=C1C(=O)[C@]3(O)C(O)=C(C(N)=O)C(=O)[C@@H](N(C)C)[C@@H]3C[C@@H]1C2. The van der Waals surface area contributed by atoms with Crippen LogP contribution in [0.3, 0.4) is 0 Å². The van der Waals surface area contributed by atoms with Gasteiger partial charge in [0.15, 0.2) is 11.4 Å². The quantitative estimate of drug-likeness (QED) is 0.247.